The number of carbonyl (C=O) groups excluding carboxylic acids is 2. The van der Waals surface area contributed by atoms with Crippen molar-refractivity contribution in [2.75, 3.05) is 23.8 Å². The van der Waals surface area contributed by atoms with Crippen LogP contribution in [-0.2, 0) is 14.2 Å². The van der Waals surface area contributed by atoms with Crippen LogP contribution in [0.1, 0.15) is 0 Å². The fourth-order valence-corrected chi connectivity index (χ4v) is 3.35. The van der Waals surface area contributed by atoms with E-state index in [9.17, 15) is 9.59 Å². The Kier molecular flexibility index (Phi) is 5.41. The second-order valence-electron chi connectivity index (χ2n) is 6.60. The van der Waals surface area contributed by atoms with Gasteiger partial charge in [-0.15, -0.1) is 0 Å². The van der Waals surface area contributed by atoms with E-state index >= 15 is 0 Å². The highest BCUT2D eigenvalue weighted by molar-refractivity contribution is 5.89. The lowest BCUT2D eigenvalue weighted by atomic mass is 10.1. The first-order chi connectivity index (χ1) is 13.7. The van der Waals surface area contributed by atoms with Gasteiger partial charge < -0.3 is 24.8 Å². The molecule has 2 aromatic carbocycles. The van der Waals surface area contributed by atoms with Crippen molar-refractivity contribution >= 4 is 23.5 Å². The van der Waals surface area contributed by atoms with Crippen LogP contribution >= 0.6 is 0 Å². The topological polar surface area (TPSA) is 97.9 Å². The number of nitrogens with one attached hydrogen (secondary N) is 3. The maximum atomic E-state index is 12.2. The van der Waals surface area contributed by atoms with Gasteiger partial charge in [0.25, 0.3) is 0 Å². The maximum Gasteiger partial charge on any atom is 0.412 e. The summed E-state index contributed by atoms with van der Waals surface area (Å²) >= 11 is 0. The summed E-state index contributed by atoms with van der Waals surface area (Å²) in [5.41, 5.74) is 1.34. The number of para-hydroxylation sites is 2. The fraction of sp³-hybridized carbons (Fsp3) is 0.300. The van der Waals surface area contributed by atoms with Crippen LogP contribution in [0.5, 0.6) is 0 Å². The van der Waals surface area contributed by atoms with E-state index in [0.29, 0.717) is 11.4 Å². The molecule has 0 saturated carbocycles. The Hall–Kier alpha value is -3.10. The molecule has 0 aromatic heterocycles. The van der Waals surface area contributed by atoms with Crippen molar-refractivity contribution in [1.82, 2.24) is 5.32 Å². The summed E-state index contributed by atoms with van der Waals surface area (Å²) in [6.07, 6.45) is -1.88. The molecule has 2 heterocycles. The quantitative estimate of drug-likeness (QED) is 0.754. The van der Waals surface area contributed by atoms with Gasteiger partial charge in [0.1, 0.15) is 12.2 Å². The molecule has 0 unspecified atom stereocenters. The van der Waals surface area contributed by atoms with Crippen LogP contribution in [0, 0.1) is 0 Å². The van der Waals surface area contributed by atoms with Crippen molar-refractivity contribution in [2.45, 2.75) is 24.4 Å². The largest absolute Gasteiger partial charge is 0.441 e. The summed E-state index contributed by atoms with van der Waals surface area (Å²) in [6, 6.07) is 17.5. The summed E-state index contributed by atoms with van der Waals surface area (Å²) in [6.45, 7) is 0.508. The van der Waals surface area contributed by atoms with Gasteiger partial charge in [-0.3, -0.25) is 5.32 Å². The summed E-state index contributed by atoms with van der Waals surface area (Å²) in [4.78, 5) is 24.3. The first-order valence-corrected chi connectivity index (χ1v) is 9.07. The molecule has 8 nitrogen and oxygen atoms in total. The molecule has 2 aromatic rings. The van der Waals surface area contributed by atoms with Gasteiger partial charge in [0.15, 0.2) is 6.10 Å². The highest BCUT2D eigenvalue weighted by atomic mass is 16.6. The number of amides is 3. The molecule has 2 aliphatic heterocycles. The molecule has 0 bridgehead atoms. The van der Waals surface area contributed by atoms with Crippen molar-refractivity contribution in [2.24, 2.45) is 0 Å². The van der Waals surface area contributed by atoms with Gasteiger partial charge in [0.2, 0.25) is 0 Å². The molecule has 146 valence electrons. The van der Waals surface area contributed by atoms with Crippen molar-refractivity contribution < 1.29 is 23.8 Å². The van der Waals surface area contributed by atoms with Crippen LogP contribution in [-0.4, -0.2) is 49.7 Å². The second kappa shape index (κ2) is 8.28. The molecular weight excluding hydrogens is 362 g/mol. The van der Waals surface area contributed by atoms with Crippen LogP contribution in [0.2, 0.25) is 0 Å². The highest BCUT2D eigenvalue weighted by Crippen LogP contribution is 2.29. The van der Waals surface area contributed by atoms with E-state index in [0.717, 1.165) is 0 Å². The Balaban J connectivity index is 1.28. The molecule has 0 spiro atoms. The zero-order valence-electron chi connectivity index (χ0n) is 15.0. The number of urea groups is 1. The molecule has 3 amide bonds. The van der Waals surface area contributed by atoms with Crippen LogP contribution in [0.3, 0.4) is 0 Å². The third-order valence-corrected chi connectivity index (χ3v) is 4.63. The second-order valence-corrected chi connectivity index (χ2v) is 6.60. The monoisotopic (exact) mass is 383 g/mol. The first kappa shape index (κ1) is 18.3. The minimum Gasteiger partial charge on any atom is -0.441 e. The number of rotatable bonds is 4. The van der Waals surface area contributed by atoms with Crippen LogP contribution < -0.4 is 16.0 Å². The normalized spacial score (nSPS) is 25.6. The third kappa shape index (κ3) is 4.24. The van der Waals surface area contributed by atoms with E-state index in [1.54, 1.807) is 24.3 Å². The van der Waals surface area contributed by atoms with Gasteiger partial charge in [0, 0.05) is 11.4 Å². The number of carbonyl (C=O) groups is 2. The Morgan fingerprint density at radius 3 is 2.11 bits per heavy atom. The lowest BCUT2D eigenvalue weighted by Gasteiger charge is -2.18. The van der Waals surface area contributed by atoms with Gasteiger partial charge in [-0.05, 0) is 24.3 Å². The smallest absolute Gasteiger partial charge is 0.412 e. The fourth-order valence-electron chi connectivity index (χ4n) is 3.35. The molecule has 2 saturated heterocycles. The minimum absolute atomic E-state index is 0.218. The van der Waals surface area contributed by atoms with E-state index in [1.807, 2.05) is 36.4 Å². The molecule has 0 aliphatic carbocycles. The minimum atomic E-state index is -0.567. The average molecular weight is 383 g/mol. The predicted molar refractivity (Wildman–Crippen MR) is 102 cm³/mol. The summed E-state index contributed by atoms with van der Waals surface area (Å²) in [5.74, 6) is 0. The number of ether oxygens (including phenoxy) is 3. The van der Waals surface area contributed by atoms with Crippen LogP contribution in [0.25, 0.3) is 0 Å². The number of benzene rings is 2. The molecule has 4 rings (SSSR count). The number of hydrogen-bond donors (Lipinski definition) is 3. The molecule has 2 fully saturated rings. The predicted octanol–water partition coefficient (Wildman–Crippen LogP) is 2.59. The summed E-state index contributed by atoms with van der Waals surface area (Å²) in [7, 11) is 0. The zero-order valence-corrected chi connectivity index (χ0v) is 15.0. The standard InChI is InChI=1S/C20H21N3O5/c24-19(21-13-7-3-1-4-8-13)23-15-11-26-18-16(12-27-17(15)18)28-20(25)22-14-9-5-2-6-10-14/h1-10,15-18H,11-12H2,(H,22,25)(H2,21,23,24)/t15-,16-,17-,18+/m1/s1. The highest BCUT2D eigenvalue weighted by Gasteiger charge is 2.50. The number of hydrogen-bond acceptors (Lipinski definition) is 5. The van der Waals surface area contributed by atoms with E-state index in [4.69, 9.17) is 14.2 Å². The van der Waals surface area contributed by atoms with Gasteiger partial charge in [-0.2, -0.15) is 0 Å². The summed E-state index contributed by atoms with van der Waals surface area (Å²) in [5, 5.41) is 8.29. The van der Waals surface area contributed by atoms with Gasteiger partial charge >= 0.3 is 12.1 Å². The third-order valence-electron chi connectivity index (χ3n) is 4.63. The average Bonchev–Trinajstić information content (AvgIpc) is 3.27. The van der Waals surface area contributed by atoms with Gasteiger partial charge in [-0.25, -0.2) is 9.59 Å². The van der Waals surface area contributed by atoms with E-state index in [1.165, 1.54) is 0 Å². The molecular formula is C20H21N3O5. The Morgan fingerprint density at radius 1 is 0.821 bits per heavy atom. The lowest BCUT2D eigenvalue weighted by Crippen LogP contribution is -2.46. The SMILES string of the molecule is O=C(Nc1ccccc1)N[C@@H]1CO[C@@H]2[C@@H]1OC[C@H]2OC(=O)Nc1ccccc1. The van der Waals surface area contributed by atoms with Crippen molar-refractivity contribution in [3.05, 3.63) is 60.7 Å². The van der Waals surface area contributed by atoms with Crippen LogP contribution in [0.4, 0.5) is 21.0 Å². The zero-order chi connectivity index (χ0) is 19.3. The lowest BCUT2D eigenvalue weighted by molar-refractivity contribution is 0.00874. The van der Waals surface area contributed by atoms with Gasteiger partial charge in [0.05, 0.1) is 19.3 Å². The molecule has 28 heavy (non-hydrogen) atoms. The molecule has 0 radical (unpaired) electrons. The Bertz CT molecular complexity index is 748. The number of anilines is 2. The van der Waals surface area contributed by atoms with Gasteiger partial charge in [-0.1, -0.05) is 36.4 Å². The van der Waals surface area contributed by atoms with Crippen molar-refractivity contribution in [3.8, 4) is 0 Å². The van der Waals surface area contributed by atoms with Crippen molar-refractivity contribution in [3.63, 3.8) is 0 Å². The van der Waals surface area contributed by atoms with E-state index < -0.39 is 18.3 Å². The number of fused-ring (bicyclic) bond motifs is 1. The molecule has 8 heteroatoms. The van der Waals surface area contributed by atoms with Crippen LogP contribution in [0.15, 0.2) is 60.7 Å². The Morgan fingerprint density at radius 2 is 1.43 bits per heavy atom. The van der Waals surface area contributed by atoms with E-state index in [-0.39, 0.29) is 31.4 Å². The van der Waals surface area contributed by atoms with Crippen molar-refractivity contribution in [1.29, 1.82) is 0 Å². The first-order valence-electron chi connectivity index (χ1n) is 9.07. The molecule has 3 N–H and O–H groups in total. The van der Waals surface area contributed by atoms with E-state index in [2.05, 4.69) is 16.0 Å². The Labute approximate surface area is 162 Å². The molecule has 2 aliphatic rings. The maximum absolute atomic E-state index is 12.2. The molecule has 4 atom stereocenters. The summed E-state index contributed by atoms with van der Waals surface area (Å²) < 4.78 is 16.9.